The number of Topliss-reactive ketones (excluding diaryl/α,β-unsaturated/α-hetero) is 1. The maximum absolute atomic E-state index is 12.9. The topological polar surface area (TPSA) is 114 Å². The number of aromatic nitrogens is 2. The number of nitrogens with zero attached hydrogens (tertiary/aromatic N) is 4. The quantitative estimate of drug-likeness (QED) is 0.769. The van der Waals surface area contributed by atoms with Crippen LogP contribution in [0.25, 0.3) is 0 Å². The molecule has 0 aliphatic rings. The Hall–Kier alpha value is -3.18. The van der Waals surface area contributed by atoms with Crippen molar-refractivity contribution in [1.29, 1.82) is 5.26 Å². The molecule has 8 nitrogen and oxygen atoms in total. The highest BCUT2D eigenvalue weighted by Crippen LogP contribution is 2.13. The number of nitriles is 1. The number of rotatable bonds is 5. The van der Waals surface area contributed by atoms with Crippen LogP contribution in [0.2, 0.25) is 0 Å². The number of carbonyl (C=O) groups is 1. The minimum absolute atomic E-state index is 0.144. The van der Waals surface area contributed by atoms with Gasteiger partial charge < -0.3 is 5.73 Å². The van der Waals surface area contributed by atoms with E-state index in [1.54, 1.807) is 37.1 Å². The highest BCUT2D eigenvalue weighted by Gasteiger charge is 2.27. The second-order valence-electron chi connectivity index (χ2n) is 6.23. The van der Waals surface area contributed by atoms with Gasteiger partial charge in [-0.3, -0.25) is 23.6 Å². The number of carbonyl (C=O) groups excluding carboxylic acids is 1. The molecule has 0 bridgehead atoms. The summed E-state index contributed by atoms with van der Waals surface area (Å²) >= 11 is 0. The van der Waals surface area contributed by atoms with Gasteiger partial charge in [0, 0.05) is 20.6 Å². The van der Waals surface area contributed by atoms with Gasteiger partial charge in [-0.25, -0.2) is 4.79 Å². The molecule has 0 amide bonds. The van der Waals surface area contributed by atoms with E-state index in [0.29, 0.717) is 12.1 Å². The van der Waals surface area contributed by atoms with Crippen molar-refractivity contribution in [3.63, 3.8) is 0 Å². The zero-order valence-electron chi connectivity index (χ0n) is 15.2. The van der Waals surface area contributed by atoms with E-state index in [1.807, 2.05) is 6.07 Å². The van der Waals surface area contributed by atoms with E-state index in [2.05, 4.69) is 6.07 Å². The smallest absolute Gasteiger partial charge is 0.332 e. The Balaban J connectivity index is 2.34. The van der Waals surface area contributed by atoms with Crippen molar-refractivity contribution in [3.8, 4) is 6.07 Å². The predicted octanol–water partition coefficient (Wildman–Crippen LogP) is 0.241. The van der Waals surface area contributed by atoms with Gasteiger partial charge in [0.1, 0.15) is 11.4 Å². The molecule has 1 heterocycles. The molecule has 2 aromatic rings. The van der Waals surface area contributed by atoms with Gasteiger partial charge in [-0.1, -0.05) is 12.1 Å². The van der Waals surface area contributed by atoms with E-state index in [1.165, 1.54) is 14.1 Å². The summed E-state index contributed by atoms with van der Waals surface area (Å²) in [5.41, 5.74) is 5.77. The van der Waals surface area contributed by atoms with Crippen LogP contribution in [0.1, 0.15) is 28.4 Å². The molecule has 2 N–H and O–H groups in total. The molecule has 136 valence electrons. The molecule has 0 spiro atoms. The van der Waals surface area contributed by atoms with Gasteiger partial charge in [0.05, 0.1) is 17.7 Å². The highest BCUT2D eigenvalue weighted by molar-refractivity contribution is 6.03. The molecule has 26 heavy (non-hydrogen) atoms. The molecule has 0 radical (unpaired) electrons. The Morgan fingerprint density at radius 3 is 2.58 bits per heavy atom. The first-order valence-corrected chi connectivity index (χ1v) is 7.98. The van der Waals surface area contributed by atoms with Gasteiger partial charge in [-0.2, -0.15) is 5.26 Å². The Kier molecular flexibility index (Phi) is 5.43. The van der Waals surface area contributed by atoms with E-state index in [-0.39, 0.29) is 11.4 Å². The summed E-state index contributed by atoms with van der Waals surface area (Å²) in [5.74, 6) is -0.604. The summed E-state index contributed by atoms with van der Waals surface area (Å²) in [5, 5.41) is 8.98. The maximum atomic E-state index is 12.9. The second-order valence-corrected chi connectivity index (χ2v) is 6.23. The fourth-order valence-corrected chi connectivity index (χ4v) is 2.66. The third-order valence-electron chi connectivity index (χ3n) is 4.48. The molecule has 0 aliphatic carbocycles. The molecule has 1 unspecified atom stereocenters. The number of likely N-dealkylation sites (N-methyl/N-ethyl adjacent to an activating group) is 1. The Morgan fingerprint density at radius 2 is 1.96 bits per heavy atom. The summed E-state index contributed by atoms with van der Waals surface area (Å²) < 4.78 is 1.95. The fourth-order valence-electron chi connectivity index (χ4n) is 2.66. The standard InChI is InChI=1S/C18H21N5O3/c1-11(21(2)10-13-7-5-6-12(8-13)9-19)15(24)14-16(20)22(3)18(26)23(4)17(14)25/h5-8,11H,10,20H2,1-4H3. The minimum Gasteiger partial charge on any atom is -0.384 e. The molecular weight excluding hydrogens is 334 g/mol. The molecule has 0 aliphatic heterocycles. The first-order chi connectivity index (χ1) is 12.2. The predicted molar refractivity (Wildman–Crippen MR) is 97.8 cm³/mol. The molecule has 0 fully saturated rings. The summed E-state index contributed by atoms with van der Waals surface area (Å²) in [6.07, 6.45) is 0. The van der Waals surface area contributed by atoms with Gasteiger partial charge >= 0.3 is 5.69 Å². The zero-order chi connectivity index (χ0) is 19.6. The number of hydrogen-bond donors (Lipinski definition) is 1. The lowest BCUT2D eigenvalue weighted by atomic mass is 10.0. The minimum atomic E-state index is -0.706. The Labute approximate surface area is 150 Å². The van der Waals surface area contributed by atoms with Crippen molar-refractivity contribution in [1.82, 2.24) is 14.0 Å². The molecule has 1 aromatic heterocycles. The van der Waals surface area contributed by atoms with Crippen LogP contribution < -0.4 is 17.0 Å². The van der Waals surface area contributed by atoms with Gasteiger partial charge in [-0.15, -0.1) is 0 Å². The average Bonchev–Trinajstić information content (AvgIpc) is 2.64. The third kappa shape index (κ3) is 3.43. The number of benzene rings is 1. The van der Waals surface area contributed by atoms with Crippen molar-refractivity contribution in [3.05, 3.63) is 61.8 Å². The van der Waals surface area contributed by atoms with Crippen LogP contribution in [0.15, 0.2) is 33.9 Å². The molecule has 0 saturated carbocycles. The molecule has 2 rings (SSSR count). The lowest BCUT2D eigenvalue weighted by molar-refractivity contribution is 0.0860. The van der Waals surface area contributed by atoms with Gasteiger partial charge in [0.15, 0.2) is 5.78 Å². The normalized spacial score (nSPS) is 12.0. The van der Waals surface area contributed by atoms with Crippen LogP contribution in [0.5, 0.6) is 0 Å². The van der Waals surface area contributed by atoms with Crippen LogP contribution >= 0.6 is 0 Å². The summed E-state index contributed by atoms with van der Waals surface area (Å²) in [7, 11) is 4.46. The van der Waals surface area contributed by atoms with Crippen molar-refractivity contribution in [2.24, 2.45) is 14.1 Å². The summed E-state index contributed by atoms with van der Waals surface area (Å²) in [6, 6.07) is 8.50. The SMILES string of the molecule is CC(C(=O)c1c(N)n(C)c(=O)n(C)c1=O)N(C)Cc1cccc(C#N)c1. The van der Waals surface area contributed by atoms with Crippen molar-refractivity contribution >= 4 is 11.6 Å². The van der Waals surface area contributed by atoms with Crippen LogP contribution in [0.4, 0.5) is 5.82 Å². The van der Waals surface area contributed by atoms with Crippen LogP contribution in [0.3, 0.4) is 0 Å². The Bertz CT molecular complexity index is 1010. The van der Waals surface area contributed by atoms with E-state index in [0.717, 1.165) is 14.7 Å². The second kappa shape index (κ2) is 7.37. The molecule has 8 heteroatoms. The Morgan fingerprint density at radius 1 is 1.31 bits per heavy atom. The van der Waals surface area contributed by atoms with Gasteiger partial charge in [0.25, 0.3) is 5.56 Å². The lowest BCUT2D eigenvalue weighted by Crippen LogP contribution is -2.45. The number of nitrogens with two attached hydrogens (primary N) is 1. The van der Waals surface area contributed by atoms with Gasteiger partial charge in [-0.05, 0) is 31.7 Å². The zero-order valence-corrected chi connectivity index (χ0v) is 15.2. The van der Waals surface area contributed by atoms with Gasteiger partial charge in [0.2, 0.25) is 0 Å². The monoisotopic (exact) mass is 355 g/mol. The average molecular weight is 355 g/mol. The number of anilines is 1. The lowest BCUT2D eigenvalue weighted by Gasteiger charge is -2.24. The first-order valence-electron chi connectivity index (χ1n) is 7.98. The maximum Gasteiger partial charge on any atom is 0.332 e. The fraction of sp³-hybridized carbons (Fsp3) is 0.333. The molecule has 1 atom stereocenters. The van der Waals surface area contributed by atoms with Crippen LogP contribution in [0, 0.1) is 11.3 Å². The van der Waals surface area contributed by atoms with E-state index < -0.39 is 23.1 Å². The summed E-state index contributed by atoms with van der Waals surface area (Å²) in [6.45, 7) is 2.08. The number of nitrogen functional groups attached to an aromatic ring is 1. The van der Waals surface area contributed by atoms with Crippen LogP contribution in [-0.4, -0.2) is 32.9 Å². The van der Waals surface area contributed by atoms with Crippen molar-refractivity contribution < 1.29 is 4.79 Å². The van der Waals surface area contributed by atoms with Crippen LogP contribution in [-0.2, 0) is 20.6 Å². The third-order valence-corrected chi connectivity index (χ3v) is 4.48. The van der Waals surface area contributed by atoms with E-state index in [4.69, 9.17) is 11.0 Å². The van der Waals surface area contributed by atoms with Crippen molar-refractivity contribution in [2.45, 2.75) is 19.5 Å². The van der Waals surface area contributed by atoms with Crippen molar-refractivity contribution in [2.75, 3.05) is 12.8 Å². The number of ketones is 1. The molecular formula is C18H21N5O3. The van der Waals surface area contributed by atoms with E-state index >= 15 is 0 Å². The molecule has 1 aromatic carbocycles. The number of hydrogen-bond acceptors (Lipinski definition) is 6. The largest absolute Gasteiger partial charge is 0.384 e. The molecule has 0 saturated heterocycles. The van der Waals surface area contributed by atoms with E-state index in [9.17, 15) is 14.4 Å². The highest BCUT2D eigenvalue weighted by atomic mass is 16.2. The summed E-state index contributed by atoms with van der Waals surface area (Å²) in [4.78, 5) is 38.9. The first kappa shape index (κ1) is 19.1.